The molecular formula is C17H14Cl2O4. The molecule has 0 aliphatic rings. The molecule has 23 heavy (non-hydrogen) atoms. The van der Waals surface area contributed by atoms with Crippen molar-refractivity contribution < 1.29 is 19.1 Å². The molecular weight excluding hydrogens is 339 g/mol. The van der Waals surface area contributed by atoms with Gasteiger partial charge in [0.15, 0.2) is 5.75 Å². The zero-order valence-corrected chi connectivity index (χ0v) is 13.9. The maximum absolute atomic E-state index is 11.9. The number of ether oxygens (including phenoxy) is 2. The first-order valence-corrected chi connectivity index (χ1v) is 7.72. The van der Waals surface area contributed by atoms with E-state index in [1.165, 1.54) is 6.07 Å². The number of hydrogen-bond donors (Lipinski definition) is 0. The molecule has 2 aromatic rings. The highest BCUT2D eigenvalue weighted by Crippen LogP contribution is 2.38. The molecule has 0 saturated carbocycles. The molecule has 6 heteroatoms. The number of fused-ring (bicyclic) bond motifs is 1. The lowest BCUT2D eigenvalue weighted by molar-refractivity contribution is -0.138. The quantitative estimate of drug-likeness (QED) is 0.449. The van der Waals surface area contributed by atoms with Crippen LogP contribution in [0.2, 0.25) is 10.0 Å². The van der Waals surface area contributed by atoms with Crippen LogP contribution >= 0.6 is 23.2 Å². The zero-order valence-electron chi connectivity index (χ0n) is 12.3. The second kappa shape index (κ2) is 7.99. The van der Waals surface area contributed by atoms with E-state index in [4.69, 9.17) is 32.7 Å². The highest BCUT2D eigenvalue weighted by Gasteiger charge is 2.13. The van der Waals surface area contributed by atoms with Gasteiger partial charge in [-0.1, -0.05) is 54.4 Å². The van der Waals surface area contributed by atoms with E-state index in [2.05, 4.69) is 0 Å². The standard InChI is InChI=1S/C17H14Cl2O4/c1-2-9-22-15(20)7-8-16(21)23-17-12-6-4-3-5-11(12)13(18)10-14(17)19/h3-8,10H,2,9H2,1H3/b8-7+. The fourth-order valence-corrected chi connectivity index (χ4v) is 2.48. The van der Waals surface area contributed by atoms with Gasteiger partial charge in [0.2, 0.25) is 0 Å². The summed E-state index contributed by atoms with van der Waals surface area (Å²) in [6, 6.07) is 8.65. The molecule has 0 saturated heterocycles. The van der Waals surface area contributed by atoms with Crippen LogP contribution in [0, 0.1) is 0 Å². The van der Waals surface area contributed by atoms with Crippen LogP contribution in [-0.2, 0) is 14.3 Å². The van der Waals surface area contributed by atoms with Gasteiger partial charge in [0, 0.05) is 22.9 Å². The molecule has 0 aromatic heterocycles. The summed E-state index contributed by atoms with van der Waals surface area (Å²) in [6.07, 6.45) is 2.72. The molecule has 0 amide bonds. The monoisotopic (exact) mass is 352 g/mol. The number of esters is 2. The first-order valence-electron chi connectivity index (χ1n) is 6.96. The van der Waals surface area contributed by atoms with Gasteiger partial charge < -0.3 is 9.47 Å². The van der Waals surface area contributed by atoms with Crippen molar-refractivity contribution in [2.24, 2.45) is 0 Å². The summed E-state index contributed by atoms with van der Waals surface area (Å²) in [5, 5.41) is 2.00. The Morgan fingerprint density at radius 1 is 1.04 bits per heavy atom. The van der Waals surface area contributed by atoms with Crippen molar-refractivity contribution >= 4 is 45.9 Å². The first-order chi connectivity index (χ1) is 11.0. The van der Waals surface area contributed by atoms with Crippen LogP contribution in [0.25, 0.3) is 10.8 Å². The highest BCUT2D eigenvalue weighted by atomic mass is 35.5. The minimum Gasteiger partial charge on any atom is -0.463 e. The maximum Gasteiger partial charge on any atom is 0.336 e. The van der Waals surface area contributed by atoms with Gasteiger partial charge in [-0.25, -0.2) is 9.59 Å². The van der Waals surface area contributed by atoms with Crippen molar-refractivity contribution in [3.63, 3.8) is 0 Å². The third-order valence-corrected chi connectivity index (χ3v) is 3.50. The molecule has 0 fully saturated rings. The Hall–Kier alpha value is -2.04. The summed E-state index contributed by atoms with van der Waals surface area (Å²) in [5.74, 6) is -1.13. The molecule has 2 rings (SSSR count). The molecule has 0 aliphatic carbocycles. The Kier molecular flexibility index (Phi) is 6.02. The van der Waals surface area contributed by atoms with Crippen molar-refractivity contribution in [1.82, 2.24) is 0 Å². The van der Waals surface area contributed by atoms with Crippen molar-refractivity contribution in [2.45, 2.75) is 13.3 Å². The molecule has 2 aromatic carbocycles. The van der Waals surface area contributed by atoms with E-state index in [0.29, 0.717) is 28.8 Å². The molecule has 0 N–H and O–H groups in total. The largest absolute Gasteiger partial charge is 0.463 e. The number of carbonyl (C=O) groups is 2. The van der Waals surface area contributed by atoms with Crippen LogP contribution in [0.3, 0.4) is 0 Å². The van der Waals surface area contributed by atoms with E-state index in [1.54, 1.807) is 18.2 Å². The Bertz CT molecular complexity index is 769. The van der Waals surface area contributed by atoms with Crippen LogP contribution in [0.1, 0.15) is 13.3 Å². The lowest BCUT2D eigenvalue weighted by atomic mass is 10.1. The molecule has 0 aliphatic heterocycles. The molecule has 0 spiro atoms. The summed E-state index contributed by atoms with van der Waals surface area (Å²) < 4.78 is 10.1. The summed E-state index contributed by atoms with van der Waals surface area (Å²) in [5.41, 5.74) is 0. The van der Waals surface area contributed by atoms with Crippen LogP contribution in [0.5, 0.6) is 5.75 Å². The second-order valence-electron chi connectivity index (χ2n) is 4.64. The third kappa shape index (κ3) is 4.47. The number of hydrogen-bond acceptors (Lipinski definition) is 4. The molecule has 4 nitrogen and oxygen atoms in total. The van der Waals surface area contributed by atoms with Gasteiger partial charge in [-0.15, -0.1) is 0 Å². The van der Waals surface area contributed by atoms with Gasteiger partial charge in [0.25, 0.3) is 0 Å². The second-order valence-corrected chi connectivity index (χ2v) is 5.45. The summed E-state index contributed by atoms with van der Waals surface area (Å²) in [7, 11) is 0. The summed E-state index contributed by atoms with van der Waals surface area (Å²) >= 11 is 12.2. The van der Waals surface area contributed by atoms with E-state index in [-0.39, 0.29) is 10.8 Å². The minimum atomic E-state index is -0.729. The third-order valence-electron chi connectivity index (χ3n) is 2.91. The molecule has 0 unspecified atom stereocenters. The zero-order chi connectivity index (χ0) is 16.8. The predicted molar refractivity (Wildman–Crippen MR) is 90.0 cm³/mol. The predicted octanol–water partition coefficient (Wildman–Crippen LogP) is 4.56. The van der Waals surface area contributed by atoms with Crippen LogP contribution in [0.15, 0.2) is 42.5 Å². The first kappa shape index (κ1) is 17.3. The molecule has 0 radical (unpaired) electrons. The van der Waals surface area contributed by atoms with Gasteiger partial charge in [-0.2, -0.15) is 0 Å². The average molecular weight is 353 g/mol. The van der Waals surface area contributed by atoms with Crippen LogP contribution in [0.4, 0.5) is 0 Å². The normalized spacial score (nSPS) is 10.9. The minimum absolute atomic E-state index is 0.197. The number of benzene rings is 2. The van der Waals surface area contributed by atoms with Crippen molar-refractivity contribution in [3.05, 3.63) is 52.5 Å². The number of carbonyl (C=O) groups excluding carboxylic acids is 2. The van der Waals surface area contributed by atoms with Crippen molar-refractivity contribution in [1.29, 1.82) is 0 Å². The van der Waals surface area contributed by atoms with E-state index in [9.17, 15) is 9.59 Å². The van der Waals surface area contributed by atoms with E-state index < -0.39 is 11.9 Å². The van der Waals surface area contributed by atoms with Gasteiger partial charge in [-0.3, -0.25) is 0 Å². The fraction of sp³-hybridized carbons (Fsp3) is 0.176. The summed E-state index contributed by atoms with van der Waals surface area (Å²) in [4.78, 5) is 23.2. The average Bonchev–Trinajstić information content (AvgIpc) is 2.54. The Morgan fingerprint density at radius 2 is 1.70 bits per heavy atom. The van der Waals surface area contributed by atoms with Crippen molar-refractivity contribution in [2.75, 3.05) is 6.61 Å². The Balaban J connectivity index is 2.20. The van der Waals surface area contributed by atoms with E-state index >= 15 is 0 Å². The topological polar surface area (TPSA) is 52.6 Å². The fourth-order valence-electron chi connectivity index (χ4n) is 1.90. The van der Waals surface area contributed by atoms with Crippen LogP contribution < -0.4 is 4.74 Å². The van der Waals surface area contributed by atoms with Crippen molar-refractivity contribution in [3.8, 4) is 5.75 Å². The smallest absolute Gasteiger partial charge is 0.336 e. The SMILES string of the molecule is CCCOC(=O)/C=C/C(=O)Oc1c(Cl)cc(Cl)c2ccccc12. The maximum atomic E-state index is 11.9. The van der Waals surface area contributed by atoms with Crippen LogP contribution in [-0.4, -0.2) is 18.5 Å². The van der Waals surface area contributed by atoms with E-state index in [0.717, 1.165) is 12.2 Å². The molecule has 120 valence electrons. The van der Waals surface area contributed by atoms with Gasteiger partial charge in [0.1, 0.15) is 0 Å². The van der Waals surface area contributed by atoms with Gasteiger partial charge in [0.05, 0.1) is 16.7 Å². The van der Waals surface area contributed by atoms with E-state index in [1.807, 2.05) is 13.0 Å². The summed E-state index contributed by atoms with van der Waals surface area (Å²) in [6.45, 7) is 2.17. The lowest BCUT2D eigenvalue weighted by Gasteiger charge is -2.09. The number of rotatable bonds is 5. The lowest BCUT2D eigenvalue weighted by Crippen LogP contribution is -2.07. The number of halogens is 2. The highest BCUT2D eigenvalue weighted by molar-refractivity contribution is 6.40. The Labute approximate surface area is 143 Å². The van der Waals surface area contributed by atoms with Gasteiger partial charge in [-0.05, 0) is 12.5 Å². The molecule has 0 heterocycles. The molecule has 0 bridgehead atoms. The Morgan fingerprint density at radius 3 is 2.39 bits per heavy atom. The van der Waals surface area contributed by atoms with Gasteiger partial charge >= 0.3 is 11.9 Å². The molecule has 0 atom stereocenters.